The fourth-order valence-electron chi connectivity index (χ4n) is 3.34. The standard InChI is InChI=1S/C22H28N2OS/c1-18(26-17-19-9-3-2-4-10-19)22(25)23-14-8-16-24-15-7-12-20-11-5-6-13-21(20)24/h2-6,9-11,13,18H,7-8,12,14-17H2,1H3,(H,23,25)/t18-/m1/s1. The Morgan fingerprint density at radius 3 is 2.77 bits per heavy atom. The summed E-state index contributed by atoms with van der Waals surface area (Å²) in [6.07, 6.45) is 3.38. The number of fused-ring (bicyclic) bond motifs is 1. The minimum atomic E-state index is -0.0223. The summed E-state index contributed by atoms with van der Waals surface area (Å²) in [5.74, 6) is 1.02. The molecule has 3 nitrogen and oxygen atoms in total. The molecule has 2 aromatic rings. The molecule has 1 atom stereocenters. The molecular weight excluding hydrogens is 340 g/mol. The van der Waals surface area contributed by atoms with Gasteiger partial charge in [0, 0.05) is 31.1 Å². The molecule has 0 fully saturated rings. The van der Waals surface area contributed by atoms with Crippen LogP contribution in [-0.4, -0.2) is 30.8 Å². The second-order valence-electron chi connectivity index (χ2n) is 6.80. The number of aryl methyl sites for hydroxylation is 1. The van der Waals surface area contributed by atoms with Crippen LogP contribution < -0.4 is 10.2 Å². The van der Waals surface area contributed by atoms with Crippen molar-refractivity contribution in [3.63, 3.8) is 0 Å². The number of amides is 1. The second kappa shape index (κ2) is 9.67. The summed E-state index contributed by atoms with van der Waals surface area (Å²) < 4.78 is 0. The first-order valence-corrected chi connectivity index (χ1v) is 10.5. The lowest BCUT2D eigenvalue weighted by molar-refractivity contribution is -0.120. The highest BCUT2D eigenvalue weighted by molar-refractivity contribution is 7.99. The summed E-state index contributed by atoms with van der Waals surface area (Å²) in [4.78, 5) is 14.7. The van der Waals surface area contributed by atoms with Crippen molar-refractivity contribution in [3.05, 3.63) is 65.7 Å². The highest BCUT2D eigenvalue weighted by Crippen LogP contribution is 2.26. The summed E-state index contributed by atoms with van der Waals surface area (Å²) in [5, 5.41) is 3.07. The van der Waals surface area contributed by atoms with Crippen molar-refractivity contribution in [2.75, 3.05) is 24.5 Å². The van der Waals surface area contributed by atoms with E-state index in [4.69, 9.17) is 0 Å². The maximum atomic E-state index is 12.3. The van der Waals surface area contributed by atoms with Crippen molar-refractivity contribution in [2.24, 2.45) is 0 Å². The van der Waals surface area contributed by atoms with E-state index >= 15 is 0 Å². The molecule has 4 heteroatoms. The number of benzene rings is 2. The molecule has 3 rings (SSSR count). The first kappa shape index (κ1) is 18.8. The van der Waals surface area contributed by atoms with Gasteiger partial charge >= 0.3 is 0 Å². The van der Waals surface area contributed by atoms with Gasteiger partial charge in [-0.2, -0.15) is 0 Å². The Hall–Kier alpha value is -1.94. The first-order valence-electron chi connectivity index (χ1n) is 9.50. The van der Waals surface area contributed by atoms with Crippen LogP contribution in [0.15, 0.2) is 54.6 Å². The number of thioether (sulfide) groups is 1. The first-order chi connectivity index (χ1) is 12.7. The second-order valence-corrected chi connectivity index (χ2v) is 8.13. The number of carbonyl (C=O) groups is 1. The van der Waals surface area contributed by atoms with Crippen LogP contribution in [0.5, 0.6) is 0 Å². The van der Waals surface area contributed by atoms with Gasteiger partial charge in [-0.15, -0.1) is 11.8 Å². The van der Waals surface area contributed by atoms with Crippen LogP contribution >= 0.6 is 11.8 Å². The molecule has 0 bridgehead atoms. The van der Waals surface area contributed by atoms with E-state index in [0.29, 0.717) is 0 Å². The third kappa shape index (κ3) is 5.28. The van der Waals surface area contributed by atoms with Crippen LogP contribution in [0.1, 0.15) is 30.9 Å². The minimum Gasteiger partial charge on any atom is -0.371 e. The SMILES string of the molecule is C[C@@H](SCc1ccccc1)C(=O)NCCCN1CCCc2ccccc21. The van der Waals surface area contributed by atoms with Crippen molar-refractivity contribution >= 4 is 23.4 Å². The third-order valence-electron chi connectivity index (χ3n) is 4.82. The molecule has 138 valence electrons. The predicted molar refractivity (Wildman–Crippen MR) is 112 cm³/mol. The Kier molecular flexibility index (Phi) is 7.01. The number of nitrogens with zero attached hydrogens (tertiary/aromatic N) is 1. The van der Waals surface area contributed by atoms with Gasteiger partial charge in [-0.1, -0.05) is 48.5 Å². The molecule has 0 unspecified atom stereocenters. The van der Waals surface area contributed by atoms with Gasteiger partial charge in [0.2, 0.25) is 5.91 Å². The third-order valence-corrected chi connectivity index (χ3v) is 6.04. The zero-order valence-electron chi connectivity index (χ0n) is 15.5. The van der Waals surface area contributed by atoms with Gasteiger partial charge in [-0.3, -0.25) is 4.79 Å². The number of carbonyl (C=O) groups excluding carboxylic acids is 1. The number of para-hydroxylation sites is 1. The molecule has 0 aliphatic carbocycles. The lowest BCUT2D eigenvalue weighted by atomic mass is 10.0. The molecule has 2 aromatic carbocycles. The number of rotatable bonds is 8. The van der Waals surface area contributed by atoms with Gasteiger partial charge in [0.05, 0.1) is 5.25 Å². The largest absolute Gasteiger partial charge is 0.371 e. The number of nitrogens with one attached hydrogen (secondary N) is 1. The fraction of sp³-hybridized carbons (Fsp3) is 0.409. The van der Waals surface area contributed by atoms with E-state index in [2.05, 4.69) is 46.6 Å². The minimum absolute atomic E-state index is 0.0223. The van der Waals surface area contributed by atoms with E-state index in [0.717, 1.165) is 31.8 Å². The number of hydrogen-bond donors (Lipinski definition) is 1. The van der Waals surface area contributed by atoms with Crippen molar-refractivity contribution < 1.29 is 4.79 Å². The van der Waals surface area contributed by atoms with E-state index in [9.17, 15) is 4.79 Å². The molecule has 1 aliphatic heterocycles. The summed E-state index contributed by atoms with van der Waals surface area (Å²) in [5.41, 5.74) is 4.09. The highest BCUT2D eigenvalue weighted by atomic mass is 32.2. The Morgan fingerprint density at radius 2 is 1.92 bits per heavy atom. The molecule has 0 saturated heterocycles. The zero-order valence-corrected chi connectivity index (χ0v) is 16.3. The molecule has 0 saturated carbocycles. The van der Waals surface area contributed by atoms with Crippen molar-refractivity contribution in [2.45, 2.75) is 37.2 Å². The fourth-order valence-corrected chi connectivity index (χ4v) is 4.21. The summed E-state index contributed by atoms with van der Waals surface area (Å²) in [6, 6.07) is 19.0. The van der Waals surface area contributed by atoms with E-state index in [1.54, 1.807) is 11.8 Å². The van der Waals surface area contributed by atoms with Crippen LogP contribution in [0.3, 0.4) is 0 Å². The van der Waals surface area contributed by atoms with Gasteiger partial charge in [0.1, 0.15) is 0 Å². The molecule has 0 aromatic heterocycles. The van der Waals surface area contributed by atoms with E-state index in [1.807, 2.05) is 25.1 Å². The van der Waals surface area contributed by atoms with Crippen LogP contribution in [0.2, 0.25) is 0 Å². The van der Waals surface area contributed by atoms with Gasteiger partial charge < -0.3 is 10.2 Å². The Morgan fingerprint density at radius 1 is 1.15 bits per heavy atom. The van der Waals surface area contributed by atoms with Gasteiger partial charge in [-0.05, 0) is 43.4 Å². The van der Waals surface area contributed by atoms with Crippen molar-refractivity contribution in [3.8, 4) is 0 Å². The smallest absolute Gasteiger partial charge is 0.232 e. The Bertz CT molecular complexity index is 704. The van der Waals surface area contributed by atoms with Crippen LogP contribution in [-0.2, 0) is 17.0 Å². The monoisotopic (exact) mass is 368 g/mol. The number of hydrogen-bond acceptors (Lipinski definition) is 3. The molecule has 1 heterocycles. The van der Waals surface area contributed by atoms with Gasteiger partial charge in [0.15, 0.2) is 0 Å². The average molecular weight is 369 g/mol. The van der Waals surface area contributed by atoms with E-state index in [1.165, 1.54) is 29.7 Å². The summed E-state index contributed by atoms with van der Waals surface area (Å²) >= 11 is 1.69. The molecule has 26 heavy (non-hydrogen) atoms. The van der Waals surface area contributed by atoms with Crippen molar-refractivity contribution in [1.29, 1.82) is 0 Å². The normalized spacial score (nSPS) is 14.6. The Labute approximate surface area is 161 Å². The quantitative estimate of drug-likeness (QED) is 0.706. The molecule has 1 N–H and O–H groups in total. The lowest BCUT2D eigenvalue weighted by Gasteiger charge is -2.31. The van der Waals surface area contributed by atoms with Crippen LogP contribution in [0.25, 0.3) is 0 Å². The molecular formula is C22H28N2OS. The summed E-state index contributed by atoms with van der Waals surface area (Å²) in [6.45, 7) is 4.86. The zero-order chi connectivity index (χ0) is 18.2. The van der Waals surface area contributed by atoms with Crippen LogP contribution in [0, 0.1) is 0 Å². The van der Waals surface area contributed by atoms with Gasteiger partial charge in [-0.25, -0.2) is 0 Å². The molecule has 1 aliphatic rings. The highest BCUT2D eigenvalue weighted by Gasteiger charge is 2.16. The topological polar surface area (TPSA) is 32.3 Å². The average Bonchev–Trinajstić information content (AvgIpc) is 2.70. The summed E-state index contributed by atoms with van der Waals surface area (Å²) in [7, 11) is 0. The molecule has 1 amide bonds. The molecule has 0 radical (unpaired) electrons. The predicted octanol–water partition coefficient (Wildman–Crippen LogP) is 4.27. The van der Waals surface area contributed by atoms with E-state index in [-0.39, 0.29) is 11.2 Å². The Balaban J connectivity index is 1.36. The van der Waals surface area contributed by atoms with Crippen LogP contribution in [0.4, 0.5) is 5.69 Å². The lowest BCUT2D eigenvalue weighted by Crippen LogP contribution is -2.35. The maximum Gasteiger partial charge on any atom is 0.232 e. The van der Waals surface area contributed by atoms with Gasteiger partial charge in [0.25, 0.3) is 0 Å². The van der Waals surface area contributed by atoms with Crippen molar-refractivity contribution in [1.82, 2.24) is 5.32 Å². The molecule has 0 spiro atoms. The van der Waals surface area contributed by atoms with E-state index < -0.39 is 0 Å². The number of anilines is 1. The maximum absolute atomic E-state index is 12.3.